The van der Waals surface area contributed by atoms with Gasteiger partial charge in [0, 0.05) is 4.90 Å². The van der Waals surface area contributed by atoms with E-state index in [1.54, 1.807) is 18.2 Å². The highest BCUT2D eigenvalue weighted by Gasteiger charge is 2.30. The second kappa shape index (κ2) is 6.20. The van der Waals surface area contributed by atoms with E-state index in [0.717, 1.165) is 4.90 Å². The van der Waals surface area contributed by atoms with Crippen LogP contribution in [0.5, 0.6) is 0 Å². The first kappa shape index (κ1) is 15.8. The molecule has 0 saturated carbocycles. The van der Waals surface area contributed by atoms with Crippen molar-refractivity contribution < 1.29 is 4.39 Å². The number of hydrogen-bond donors (Lipinski definition) is 0. The second-order valence-electron chi connectivity index (χ2n) is 4.42. The summed E-state index contributed by atoms with van der Waals surface area (Å²) in [5, 5.41) is 0.477. The van der Waals surface area contributed by atoms with Crippen LogP contribution in [0.2, 0.25) is 0 Å². The first-order valence-corrected chi connectivity index (χ1v) is 8.16. The number of rotatable bonds is 2. The normalized spacial score (nSPS) is 11.8. The van der Waals surface area contributed by atoms with Crippen molar-refractivity contribution in [2.45, 2.75) is 13.7 Å². The van der Waals surface area contributed by atoms with Crippen molar-refractivity contribution in [1.82, 2.24) is 9.97 Å². The average molecular weight is 374 g/mol. The standard InChI is InChI=1S/C15H8Cl3FN2S/c16-15(17,18)13-14(22-10-7-5-9(19)6-8-10)21-12-4-2-1-3-11(12)20-13/h1-8H. The van der Waals surface area contributed by atoms with Crippen LogP contribution < -0.4 is 0 Å². The molecule has 3 rings (SSSR count). The van der Waals surface area contributed by atoms with Crippen molar-refractivity contribution >= 4 is 57.6 Å². The SMILES string of the molecule is Fc1ccc(Sc2nc3ccccc3nc2C(Cl)(Cl)Cl)cc1. The van der Waals surface area contributed by atoms with E-state index < -0.39 is 3.79 Å². The number of alkyl halides is 3. The van der Waals surface area contributed by atoms with Crippen LogP contribution in [0.25, 0.3) is 11.0 Å². The van der Waals surface area contributed by atoms with Crippen LogP contribution in [0.3, 0.4) is 0 Å². The summed E-state index contributed by atoms with van der Waals surface area (Å²) in [6.07, 6.45) is 0. The summed E-state index contributed by atoms with van der Waals surface area (Å²) in [5.74, 6) is -0.310. The Morgan fingerprint density at radius 3 is 2.05 bits per heavy atom. The smallest absolute Gasteiger partial charge is 0.235 e. The molecule has 0 fully saturated rings. The molecule has 1 heterocycles. The minimum Gasteiger partial charge on any atom is -0.244 e. The third-order valence-electron chi connectivity index (χ3n) is 2.84. The molecule has 112 valence electrons. The predicted molar refractivity (Wildman–Crippen MR) is 89.3 cm³/mol. The largest absolute Gasteiger partial charge is 0.244 e. The van der Waals surface area contributed by atoms with E-state index in [9.17, 15) is 4.39 Å². The van der Waals surface area contributed by atoms with E-state index >= 15 is 0 Å². The summed E-state index contributed by atoms with van der Waals surface area (Å²) in [5.41, 5.74) is 1.60. The zero-order valence-electron chi connectivity index (χ0n) is 10.9. The highest BCUT2D eigenvalue weighted by atomic mass is 35.6. The minimum absolute atomic E-state index is 0.255. The van der Waals surface area contributed by atoms with Crippen molar-refractivity contribution in [2.75, 3.05) is 0 Å². The monoisotopic (exact) mass is 372 g/mol. The molecule has 0 radical (unpaired) electrons. The van der Waals surface area contributed by atoms with E-state index in [1.165, 1.54) is 23.9 Å². The Hall–Kier alpha value is -1.07. The van der Waals surface area contributed by atoms with Crippen molar-refractivity contribution in [1.29, 1.82) is 0 Å². The van der Waals surface area contributed by atoms with Gasteiger partial charge in [-0.1, -0.05) is 58.7 Å². The first-order chi connectivity index (χ1) is 10.4. The maximum Gasteiger partial charge on any atom is 0.235 e. The molecule has 3 aromatic rings. The summed E-state index contributed by atoms with van der Waals surface area (Å²) in [4.78, 5) is 9.70. The van der Waals surface area contributed by atoms with Gasteiger partial charge < -0.3 is 0 Å². The van der Waals surface area contributed by atoms with Crippen LogP contribution >= 0.6 is 46.6 Å². The lowest BCUT2D eigenvalue weighted by Crippen LogP contribution is -2.08. The number of fused-ring (bicyclic) bond motifs is 1. The third-order valence-corrected chi connectivity index (χ3v) is 4.36. The number of hydrogen-bond acceptors (Lipinski definition) is 3. The van der Waals surface area contributed by atoms with Gasteiger partial charge in [0.05, 0.1) is 11.0 Å². The highest BCUT2D eigenvalue weighted by Crippen LogP contribution is 2.43. The lowest BCUT2D eigenvalue weighted by atomic mass is 10.3. The van der Waals surface area contributed by atoms with Gasteiger partial charge in [-0.2, -0.15) is 0 Å². The highest BCUT2D eigenvalue weighted by molar-refractivity contribution is 7.99. The zero-order valence-corrected chi connectivity index (χ0v) is 14.0. The van der Waals surface area contributed by atoms with Gasteiger partial charge in [-0.3, -0.25) is 0 Å². The van der Waals surface area contributed by atoms with Crippen molar-refractivity contribution in [3.8, 4) is 0 Å². The lowest BCUT2D eigenvalue weighted by Gasteiger charge is -2.15. The molecule has 0 bridgehead atoms. The quantitative estimate of drug-likeness (QED) is 0.535. The fourth-order valence-electron chi connectivity index (χ4n) is 1.85. The van der Waals surface area contributed by atoms with E-state index in [2.05, 4.69) is 9.97 Å². The van der Waals surface area contributed by atoms with Crippen LogP contribution in [0.15, 0.2) is 58.5 Å². The average Bonchev–Trinajstić information content (AvgIpc) is 2.48. The molecule has 0 N–H and O–H groups in total. The molecule has 0 aliphatic heterocycles. The molecular weight excluding hydrogens is 366 g/mol. The Morgan fingerprint density at radius 1 is 0.864 bits per heavy atom. The number of benzene rings is 2. The number of aromatic nitrogens is 2. The summed E-state index contributed by atoms with van der Waals surface area (Å²) in [6, 6.07) is 13.3. The number of para-hydroxylation sites is 2. The Morgan fingerprint density at radius 2 is 1.45 bits per heavy atom. The van der Waals surface area contributed by atoms with Gasteiger partial charge in [0.1, 0.15) is 16.5 Å². The molecular formula is C15H8Cl3FN2S. The van der Waals surface area contributed by atoms with Gasteiger partial charge in [0.15, 0.2) is 0 Å². The molecule has 0 saturated heterocycles. The maximum atomic E-state index is 13.0. The fourth-order valence-corrected chi connectivity index (χ4v) is 3.35. The van der Waals surface area contributed by atoms with Gasteiger partial charge in [-0.25, -0.2) is 14.4 Å². The molecule has 0 atom stereocenters. The predicted octanol–water partition coefficient (Wildman–Crippen LogP) is 5.75. The molecule has 0 unspecified atom stereocenters. The van der Waals surface area contributed by atoms with E-state index in [1.807, 2.05) is 18.2 Å². The third kappa shape index (κ3) is 3.46. The Bertz CT molecular complexity index is 819. The van der Waals surface area contributed by atoms with Crippen molar-refractivity contribution in [3.05, 3.63) is 60.0 Å². The van der Waals surface area contributed by atoms with Crippen LogP contribution in [-0.4, -0.2) is 9.97 Å². The molecule has 2 aromatic carbocycles. The van der Waals surface area contributed by atoms with Gasteiger partial charge in [0.25, 0.3) is 0 Å². The topological polar surface area (TPSA) is 25.8 Å². The Labute approximate surface area is 145 Å². The number of nitrogens with zero attached hydrogens (tertiary/aromatic N) is 2. The minimum atomic E-state index is -1.70. The molecule has 0 aliphatic carbocycles. The maximum absolute atomic E-state index is 13.0. The molecule has 0 amide bonds. The van der Waals surface area contributed by atoms with E-state index in [-0.39, 0.29) is 11.5 Å². The fraction of sp³-hybridized carbons (Fsp3) is 0.0667. The van der Waals surface area contributed by atoms with Gasteiger partial charge >= 0.3 is 0 Å². The summed E-state index contributed by atoms with van der Waals surface area (Å²) >= 11 is 19.3. The van der Waals surface area contributed by atoms with Gasteiger partial charge in [0.2, 0.25) is 3.79 Å². The number of halogens is 4. The molecule has 1 aromatic heterocycles. The molecule has 0 aliphatic rings. The first-order valence-electron chi connectivity index (χ1n) is 6.21. The molecule has 2 nitrogen and oxygen atoms in total. The molecule has 22 heavy (non-hydrogen) atoms. The van der Waals surface area contributed by atoms with Crippen molar-refractivity contribution in [3.63, 3.8) is 0 Å². The van der Waals surface area contributed by atoms with Crippen LogP contribution in [-0.2, 0) is 3.79 Å². The Balaban J connectivity index is 2.11. The van der Waals surface area contributed by atoms with Crippen LogP contribution in [0, 0.1) is 5.82 Å². The van der Waals surface area contributed by atoms with Gasteiger partial charge in [-0.05, 0) is 36.4 Å². The van der Waals surface area contributed by atoms with Gasteiger partial charge in [-0.15, -0.1) is 0 Å². The van der Waals surface area contributed by atoms with E-state index in [4.69, 9.17) is 34.8 Å². The Kier molecular flexibility index (Phi) is 4.46. The zero-order chi connectivity index (χ0) is 15.7. The molecule has 0 spiro atoms. The summed E-state index contributed by atoms with van der Waals surface area (Å²) in [6.45, 7) is 0. The molecule has 7 heteroatoms. The van der Waals surface area contributed by atoms with Crippen LogP contribution in [0.4, 0.5) is 4.39 Å². The van der Waals surface area contributed by atoms with Crippen LogP contribution in [0.1, 0.15) is 5.69 Å². The lowest BCUT2D eigenvalue weighted by molar-refractivity contribution is 0.626. The summed E-state index contributed by atoms with van der Waals surface area (Å²) < 4.78 is 11.3. The summed E-state index contributed by atoms with van der Waals surface area (Å²) in [7, 11) is 0. The van der Waals surface area contributed by atoms with E-state index in [0.29, 0.717) is 16.1 Å². The van der Waals surface area contributed by atoms with Crippen molar-refractivity contribution in [2.24, 2.45) is 0 Å². The second-order valence-corrected chi connectivity index (χ2v) is 7.76.